The Balaban J connectivity index is 2.54. The second kappa shape index (κ2) is 4.80. The SMILES string of the molecule is CCOCc1cn(C(C)C)c2cc(N)ccc12. The number of fused-ring (bicyclic) bond motifs is 1. The third-order valence-corrected chi connectivity index (χ3v) is 2.96. The quantitative estimate of drug-likeness (QED) is 0.821. The topological polar surface area (TPSA) is 40.2 Å². The first-order valence-electron chi connectivity index (χ1n) is 6.10. The molecule has 0 aliphatic rings. The van der Waals surface area contributed by atoms with Crippen LogP contribution >= 0.6 is 0 Å². The third kappa shape index (κ3) is 2.29. The molecular formula is C14H20N2O. The van der Waals surface area contributed by atoms with Crippen LogP contribution in [0.5, 0.6) is 0 Å². The normalized spacial score (nSPS) is 11.5. The summed E-state index contributed by atoms with van der Waals surface area (Å²) in [5.41, 5.74) is 9.09. The molecule has 0 fully saturated rings. The number of hydrogen-bond acceptors (Lipinski definition) is 2. The van der Waals surface area contributed by atoms with E-state index in [2.05, 4.69) is 30.7 Å². The van der Waals surface area contributed by atoms with Crippen molar-refractivity contribution in [3.05, 3.63) is 30.0 Å². The molecule has 2 aromatic rings. The summed E-state index contributed by atoms with van der Waals surface area (Å²) in [6, 6.07) is 6.49. The van der Waals surface area contributed by atoms with Crippen molar-refractivity contribution in [3.63, 3.8) is 0 Å². The lowest BCUT2D eigenvalue weighted by Gasteiger charge is -2.09. The standard InChI is InChI=1S/C14H20N2O/c1-4-17-9-11-8-16(10(2)3)14-7-12(15)5-6-13(11)14/h5-8,10H,4,9,15H2,1-3H3. The second-order valence-corrected chi connectivity index (χ2v) is 4.57. The van der Waals surface area contributed by atoms with Crippen LogP contribution in [0.2, 0.25) is 0 Å². The van der Waals surface area contributed by atoms with Crippen LogP contribution in [0.3, 0.4) is 0 Å². The Morgan fingerprint density at radius 3 is 2.76 bits per heavy atom. The first-order chi connectivity index (χ1) is 8.13. The minimum Gasteiger partial charge on any atom is -0.399 e. The van der Waals surface area contributed by atoms with Crippen LogP contribution < -0.4 is 5.73 Å². The van der Waals surface area contributed by atoms with Gasteiger partial charge in [-0.15, -0.1) is 0 Å². The molecule has 0 saturated carbocycles. The van der Waals surface area contributed by atoms with Crippen LogP contribution in [0.1, 0.15) is 32.4 Å². The molecule has 1 aromatic carbocycles. The van der Waals surface area contributed by atoms with Gasteiger partial charge in [0.15, 0.2) is 0 Å². The molecule has 2 N–H and O–H groups in total. The van der Waals surface area contributed by atoms with E-state index in [1.54, 1.807) is 0 Å². The first-order valence-corrected chi connectivity index (χ1v) is 6.10. The number of aromatic nitrogens is 1. The van der Waals surface area contributed by atoms with Crippen LogP contribution in [-0.2, 0) is 11.3 Å². The summed E-state index contributed by atoms with van der Waals surface area (Å²) in [5.74, 6) is 0. The summed E-state index contributed by atoms with van der Waals surface area (Å²) >= 11 is 0. The van der Waals surface area contributed by atoms with Gasteiger partial charge in [-0.25, -0.2) is 0 Å². The highest BCUT2D eigenvalue weighted by Gasteiger charge is 2.10. The van der Waals surface area contributed by atoms with Gasteiger partial charge in [0.05, 0.1) is 12.1 Å². The number of hydrogen-bond donors (Lipinski definition) is 1. The lowest BCUT2D eigenvalue weighted by Crippen LogP contribution is -1.98. The van der Waals surface area contributed by atoms with Crippen LogP contribution in [0.25, 0.3) is 10.9 Å². The second-order valence-electron chi connectivity index (χ2n) is 4.57. The third-order valence-electron chi connectivity index (χ3n) is 2.96. The highest BCUT2D eigenvalue weighted by Crippen LogP contribution is 2.27. The van der Waals surface area contributed by atoms with Crippen molar-refractivity contribution in [2.45, 2.75) is 33.4 Å². The van der Waals surface area contributed by atoms with Crippen LogP contribution in [0.4, 0.5) is 5.69 Å². The van der Waals surface area contributed by atoms with E-state index in [1.807, 2.05) is 19.1 Å². The Morgan fingerprint density at radius 2 is 2.12 bits per heavy atom. The van der Waals surface area contributed by atoms with Crippen molar-refractivity contribution in [2.24, 2.45) is 0 Å². The summed E-state index contributed by atoms with van der Waals surface area (Å²) in [6.45, 7) is 7.76. The van der Waals surface area contributed by atoms with Crippen molar-refractivity contribution >= 4 is 16.6 Å². The fourth-order valence-electron chi connectivity index (χ4n) is 2.10. The summed E-state index contributed by atoms with van der Waals surface area (Å²) in [5, 5.41) is 1.24. The lowest BCUT2D eigenvalue weighted by atomic mass is 10.1. The van der Waals surface area contributed by atoms with Crippen LogP contribution in [0, 0.1) is 0 Å². The summed E-state index contributed by atoms with van der Waals surface area (Å²) in [7, 11) is 0. The van der Waals surface area contributed by atoms with Crippen molar-refractivity contribution in [2.75, 3.05) is 12.3 Å². The Bertz CT molecular complexity index is 514. The van der Waals surface area contributed by atoms with Crippen molar-refractivity contribution in [1.29, 1.82) is 0 Å². The predicted octanol–water partition coefficient (Wildman–Crippen LogP) is 3.34. The van der Waals surface area contributed by atoms with Gasteiger partial charge >= 0.3 is 0 Å². The Morgan fingerprint density at radius 1 is 1.35 bits per heavy atom. The van der Waals surface area contributed by atoms with Gasteiger partial charge < -0.3 is 15.0 Å². The zero-order chi connectivity index (χ0) is 12.4. The highest BCUT2D eigenvalue weighted by molar-refractivity contribution is 5.86. The molecule has 1 aromatic heterocycles. The molecule has 0 unspecified atom stereocenters. The molecule has 0 aliphatic heterocycles. The van der Waals surface area contributed by atoms with Crippen molar-refractivity contribution in [3.8, 4) is 0 Å². The maximum atomic E-state index is 5.86. The summed E-state index contributed by atoms with van der Waals surface area (Å²) in [6.07, 6.45) is 2.17. The van der Waals surface area contributed by atoms with Gasteiger partial charge in [-0.2, -0.15) is 0 Å². The molecule has 0 amide bonds. The molecule has 92 valence electrons. The molecule has 0 atom stereocenters. The molecule has 3 heteroatoms. The van der Waals surface area contributed by atoms with Gasteiger partial charge in [-0.1, -0.05) is 6.07 Å². The van der Waals surface area contributed by atoms with Gasteiger partial charge in [0, 0.05) is 35.5 Å². The molecule has 1 heterocycles. The largest absolute Gasteiger partial charge is 0.399 e. The van der Waals surface area contributed by atoms with Gasteiger partial charge in [0.1, 0.15) is 0 Å². The minimum atomic E-state index is 0.426. The van der Waals surface area contributed by atoms with E-state index in [4.69, 9.17) is 10.5 Å². The van der Waals surface area contributed by atoms with E-state index in [0.29, 0.717) is 12.6 Å². The summed E-state index contributed by atoms with van der Waals surface area (Å²) in [4.78, 5) is 0. The smallest absolute Gasteiger partial charge is 0.0737 e. The van der Waals surface area contributed by atoms with Crippen LogP contribution in [-0.4, -0.2) is 11.2 Å². The molecule has 0 aliphatic carbocycles. The molecule has 0 bridgehead atoms. The minimum absolute atomic E-state index is 0.426. The van der Waals surface area contributed by atoms with E-state index in [1.165, 1.54) is 16.5 Å². The Labute approximate surface area is 102 Å². The number of ether oxygens (including phenoxy) is 1. The number of rotatable bonds is 4. The molecule has 2 rings (SSSR count). The van der Waals surface area contributed by atoms with E-state index in [9.17, 15) is 0 Å². The predicted molar refractivity (Wildman–Crippen MR) is 72.1 cm³/mol. The number of nitrogen functional groups attached to an aromatic ring is 1. The molecule has 3 nitrogen and oxygen atoms in total. The molecule has 0 radical (unpaired) electrons. The Kier molecular flexibility index (Phi) is 3.38. The molecule has 0 saturated heterocycles. The first kappa shape index (κ1) is 12.0. The maximum Gasteiger partial charge on any atom is 0.0737 e. The van der Waals surface area contributed by atoms with Gasteiger partial charge in [0.2, 0.25) is 0 Å². The average molecular weight is 232 g/mol. The fraction of sp³-hybridized carbons (Fsp3) is 0.429. The van der Waals surface area contributed by atoms with Crippen molar-refractivity contribution in [1.82, 2.24) is 4.57 Å². The summed E-state index contributed by atoms with van der Waals surface area (Å²) < 4.78 is 7.76. The number of benzene rings is 1. The zero-order valence-electron chi connectivity index (χ0n) is 10.7. The number of nitrogens with zero attached hydrogens (tertiary/aromatic N) is 1. The van der Waals surface area contributed by atoms with Gasteiger partial charge in [-0.3, -0.25) is 0 Å². The fourth-order valence-corrected chi connectivity index (χ4v) is 2.10. The van der Waals surface area contributed by atoms with E-state index < -0.39 is 0 Å². The average Bonchev–Trinajstić information content (AvgIpc) is 2.64. The van der Waals surface area contributed by atoms with E-state index in [-0.39, 0.29) is 0 Å². The van der Waals surface area contributed by atoms with E-state index >= 15 is 0 Å². The highest BCUT2D eigenvalue weighted by atomic mass is 16.5. The number of nitrogens with two attached hydrogens (primary N) is 1. The maximum absolute atomic E-state index is 5.86. The molecule has 17 heavy (non-hydrogen) atoms. The lowest BCUT2D eigenvalue weighted by molar-refractivity contribution is 0.135. The molecule has 0 spiro atoms. The number of anilines is 1. The van der Waals surface area contributed by atoms with Gasteiger partial charge in [-0.05, 0) is 32.9 Å². The zero-order valence-corrected chi connectivity index (χ0v) is 10.7. The van der Waals surface area contributed by atoms with Crippen LogP contribution in [0.15, 0.2) is 24.4 Å². The monoisotopic (exact) mass is 232 g/mol. The van der Waals surface area contributed by atoms with E-state index in [0.717, 1.165) is 12.3 Å². The Hall–Kier alpha value is -1.48. The van der Waals surface area contributed by atoms with Gasteiger partial charge in [0.25, 0.3) is 0 Å². The van der Waals surface area contributed by atoms with Crippen molar-refractivity contribution < 1.29 is 4.74 Å². The molecular weight excluding hydrogens is 212 g/mol.